The zero-order valence-corrected chi connectivity index (χ0v) is 8.90. The predicted octanol–water partition coefficient (Wildman–Crippen LogP) is 1.96. The minimum atomic E-state index is -0.838. The summed E-state index contributed by atoms with van der Waals surface area (Å²) in [5, 5.41) is 0.413. The van der Waals surface area contributed by atoms with Crippen molar-refractivity contribution in [1.29, 1.82) is 0 Å². The molecule has 3 atom stereocenters. The zero-order chi connectivity index (χ0) is 9.42. The fourth-order valence-corrected chi connectivity index (χ4v) is 2.84. The van der Waals surface area contributed by atoms with Gasteiger partial charge in [-0.1, -0.05) is 19.9 Å². The first-order valence-corrected chi connectivity index (χ1v) is 6.29. The lowest BCUT2D eigenvalue weighted by Gasteiger charge is -2.07. The van der Waals surface area contributed by atoms with Crippen LogP contribution in [0.2, 0.25) is 0 Å². The van der Waals surface area contributed by atoms with Gasteiger partial charge >= 0.3 is 0 Å². The van der Waals surface area contributed by atoms with E-state index in [-0.39, 0.29) is 0 Å². The summed E-state index contributed by atoms with van der Waals surface area (Å²) in [5.74, 6) is 1.41. The summed E-state index contributed by atoms with van der Waals surface area (Å²) in [7, 11) is -0.838. The van der Waals surface area contributed by atoms with Crippen LogP contribution in [0.4, 0.5) is 0 Å². The van der Waals surface area contributed by atoms with Crippen LogP contribution in [0.3, 0.4) is 0 Å². The molecule has 2 aliphatic carbocycles. The summed E-state index contributed by atoms with van der Waals surface area (Å²) in [6.07, 6.45) is 4.70. The van der Waals surface area contributed by atoms with Crippen LogP contribution in [0.25, 0.3) is 0 Å². The molecule has 0 heterocycles. The Balaban J connectivity index is 1.75. The van der Waals surface area contributed by atoms with Gasteiger partial charge in [-0.05, 0) is 25.2 Å². The second-order valence-electron chi connectivity index (χ2n) is 4.13. The topological polar surface area (TPSA) is 29.1 Å². The smallest absolute Gasteiger partial charge is 0.120 e. The molecule has 2 rings (SSSR count). The Hall–Kier alpha value is -0.310. The third kappa shape index (κ3) is 2.13. The van der Waals surface area contributed by atoms with Crippen molar-refractivity contribution in [1.82, 2.24) is 4.72 Å². The van der Waals surface area contributed by atoms with Crippen molar-refractivity contribution < 1.29 is 4.21 Å². The van der Waals surface area contributed by atoms with Crippen LogP contribution in [0, 0.1) is 11.8 Å². The molecular weight excluding hydrogens is 182 g/mol. The SMILES string of the molecule is C=C(NS(=O)C1CC1)C1CC1CC. The van der Waals surface area contributed by atoms with Gasteiger partial charge in [-0.3, -0.25) is 0 Å². The summed E-state index contributed by atoms with van der Waals surface area (Å²) in [6.45, 7) is 6.17. The van der Waals surface area contributed by atoms with Crippen molar-refractivity contribution in [3.8, 4) is 0 Å². The largest absolute Gasteiger partial charge is 0.309 e. The standard InChI is InChI=1S/C10H17NOS/c1-3-8-6-10(8)7(2)11-13(12)9-4-5-9/h8-11H,2-6H2,1H3. The fourth-order valence-electron chi connectivity index (χ4n) is 1.70. The second kappa shape index (κ2) is 3.45. The van der Waals surface area contributed by atoms with E-state index in [1.165, 1.54) is 12.8 Å². The molecular formula is C10H17NOS. The molecule has 74 valence electrons. The van der Waals surface area contributed by atoms with E-state index in [4.69, 9.17) is 0 Å². The van der Waals surface area contributed by atoms with Gasteiger partial charge in [-0.2, -0.15) is 0 Å². The molecule has 0 aromatic heterocycles. The van der Waals surface area contributed by atoms with Gasteiger partial charge in [-0.15, -0.1) is 0 Å². The Morgan fingerprint density at radius 1 is 1.62 bits per heavy atom. The average molecular weight is 199 g/mol. The molecule has 2 nitrogen and oxygen atoms in total. The van der Waals surface area contributed by atoms with Crippen molar-refractivity contribution in [2.75, 3.05) is 0 Å². The maximum atomic E-state index is 11.5. The molecule has 2 fully saturated rings. The molecule has 0 aromatic carbocycles. The Bertz CT molecular complexity index is 247. The molecule has 2 aliphatic rings. The highest BCUT2D eigenvalue weighted by atomic mass is 32.2. The lowest BCUT2D eigenvalue weighted by atomic mass is 10.2. The summed E-state index contributed by atoms with van der Waals surface area (Å²) in [6, 6.07) is 0. The Labute approximate surface area is 82.4 Å². The minimum Gasteiger partial charge on any atom is -0.309 e. The van der Waals surface area contributed by atoms with E-state index in [1.807, 2.05) is 0 Å². The lowest BCUT2D eigenvalue weighted by Crippen LogP contribution is -2.20. The number of rotatable bonds is 5. The summed E-state index contributed by atoms with van der Waals surface area (Å²) >= 11 is 0. The highest BCUT2D eigenvalue weighted by molar-refractivity contribution is 7.84. The molecule has 2 saturated carbocycles. The monoisotopic (exact) mass is 199 g/mol. The van der Waals surface area contributed by atoms with Crippen molar-refractivity contribution in [2.45, 2.75) is 37.9 Å². The van der Waals surface area contributed by atoms with Crippen molar-refractivity contribution in [3.05, 3.63) is 12.3 Å². The maximum Gasteiger partial charge on any atom is 0.120 e. The van der Waals surface area contributed by atoms with Gasteiger partial charge < -0.3 is 4.72 Å². The van der Waals surface area contributed by atoms with Crippen molar-refractivity contribution >= 4 is 11.0 Å². The number of hydrogen-bond acceptors (Lipinski definition) is 1. The zero-order valence-electron chi connectivity index (χ0n) is 8.08. The van der Waals surface area contributed by atoms with Crippen LogP contribution in [0.15, 0.2) is 12.3 Å². The average Bonchev–Trinajstić information content (AvgIpc) is 2.98. The van der Waals surface area contributed by atoms with Crippen molar-refractivity contribution in [3.63, 3.8) is 0 Å². The van der Waals surface area contributed by atoms with Gasteiger partial charge in [0.25, 0.3) is 0 Å². The molecule has 3 unspecified atom stereocenters. The normalized spacial score (nSPS) is 33.9. The first-order valence-electron chi connectivity index (χ1n) is 5.08. The Morgan fingerprint density at radius 2 is 2.31 bits per heavy atom. The summed E-state index contributed by atoms with van der Waals surface area (Å²) in [4.78, 5) is 0. The number of nitrogens with one attached hydrogen (secondary N) is 1. The van der Waals surface area contributed by atoms with Gasteiger partial charge in [0, 0.05) is 11.6 Å². The van der Waals surface area contributed by atoms with Crippen LogP contribution in [0.1, 0.15) is 32.6 Å². The van der Waals surface area contributed by atoms with E-state index >= 15 is 0 Å². The summed E-state index contributed by atoms with van der Waals surface area (Å²) < 4.78 is 14.5. The lowest BCUT2D eigenvalue weighted by molar-refractivity contribution is 0.670. The Kier molecular flexibility index (Phi) is 2.45. The van der Waals surface area contributed by atoms with Crippen LogP contribution < -0.4 is 4.72 Å². The van der Waals surface area contributed by atoms with Gasteiger partial charge in [0.15, 0.2) is 0 Å². The van der Waals surface area contributed by atoms with E-state index < -0.39 is 11.0 Å². The van der Waals surface area contributed by atoms with E-state index in [0.717, 1.165) is 24.5 Å². The molecule has 13 heavy (non-hydrogen) atoms. The predicted molar refractivity (Wildman–Crippen MR) is 55.3 cm³/mol. The molecule has 0 spiro atoms. The molecule has 0 bridgehead atoms. The summed E-state index contributed by atoms with van der Waals surface area (Å²) in [5.41, 5.74) is 1.01. The molecule has 3 heteroatoms. The third-order valence-corrected chi connectivity index (χ3v) is 4.49. The first-order chi connectivity index (χ1) is 6.22. The molecule has 1 N–H and O–H groups in total. The molecule has 0 aromatic rings. The molecule has 0 amide bonds. The van der Waals surface area contributed by atoms with E-state index in [1.54, 1.807) is 0 Å². The Morgan fingerprint density at radius 3 is 2.77 bits per heavy atom. The number of allylic oxidation sites excluding steroid dienone is 1. The van der Waals surface area contributed by atoms with Crippen LogP contribution >= 0.6 is 0 Å². The highest BCUT2D eigenvalue weighted by Gasteiger charge is 2.39. The van der Waals surface area contributed by atoms with Crippen LogP contribution in [-0.2, 0) is 11.0 Å². The number of hydrogen-bond donors (Lipinski definition) is 1. The second-order valence-corrected chi connectivity index (χ2v) is 5.60. The molecule has 0 aliphatic heterocycles. The van der Waals surface area contributed by atoms with Gasteiger partial charge in [0.2, 0.25) is 0 Å². The van der Waals surface area contributed by atoms with Crippen LogP contribution in [-0.4, -0.2) is 9.46 Å². The molecule has 0 radical (unpaired) electrons. The minimum absolute atomic E-state index is 0.413. The maximum absolute atomic E-state index is 11.5. The fraction of sp³-hybridized carbons (Fsp3) is 0.800. The van der Waals surface area contributed by atoms with E-state index in [9.17, 15) is 4.21 Å². The van der Waals surface area contributed by atoms with Crippen molar-refractivity contribution in [2.24, 2.45) is 11.8 Å². The highest BCUT2D eigenvalue weighted by Crippen LogP contribution is 2.45. The van der Waals surface area contributed by atoms with Gasteiger partial charge in [0.05, 0.1) is 5.25 Å². The third-order valence-electron chi connectivity index (χ3n) is 2.95. The van der Waals surface area contributed by atoms with Crippen LogP contribution in [0.5, 0.6) is 0 Å². The van der Waals surface area contributed by atoms with Gasteiger partial charge in [0.1, 0.15) is 11.0 Å². The molecule has 0 saturated heterocycles. The first kappa shape index (κ1) is 9.25. The van der Waals surface area contributed by atoms with E-state index in [2.05, 4.69) is 18.2 Å². The van der Waals surface area contributed by atoms with Gasteiger partial charge in [-0.25, -0.2) is 4.21 Å². The van der Waals surface area contributed by atoms with E-state index in [0.29, 0.717) is 11.2 Å². The quantitative estimate of drug-likeness (QED) is 0.720.